The molecule has 0 radical (unpaired) electrons. The molecule has 0 aromatic carbocycles. The van der Waals surface area contributed by atoms with Crippen LogP contribution in [0.25, 0.3) is 0 Å². The third-order valence-corrected chi connectivity index (χ3v) is 2.67. The lowest BCUT2D eigenvalue weighted by atomic mass is 10.1. The summed E-state index contributed by atoms with van der Waals surface area (Å²) < 4.78 is 15.2. The van der Waals surface area contributed by atoms with Crippen molar-refractivity contribution in [3.63, 3.8) is 0 Å². The number of aliphatic hydroxyl groups is 1. The second-order valence-corrected chi connectivity index (χ2v) is 3.78. The van der Waals surface area contributed by atoms with Crippen LogP contribution < -0.4 is 5.32 Å². The molecule has 0 bridgehead atoms. The van der Waals surface area contributed by atoms with Crippen LogP contribution in [0.4, 0.5) is 0 Å². The summed E-state index contributed by atoms with van der Waals surface area (Å²) in [4.78, 5) is 22.1. The van der Waals surface area contributed by atoms with Gasteiger partial charge in [-0.1, -0.05) is 0 Å². The molecule has 0 aromatic heterocycles. The van der Waals surface area contributed by atoms with Gasteiger partial charge in [-0.25, -0.2) is 4.79 Å². The number of hydrogen-bond acceptors (Lipinski definition) is 6. The van der Waals surface area contributed by atoms with Gasteiger partial charge in [0.15, 0.2) is 18.5 Å². The SMILES string of the molecule is CO[C@@H]1O[C@H]2[C@H](OC(=O)[C@H]2O)[C@H]1NC(C)=O. The molecule has 5 atom stereocenters. The van der Waals surface area contributed by atoms with E-state index in [1.54, 1.807) is 0 Å². The number of amides is 1. The topological polar surface area (TPSA) is 94.1 Å². The van der Waals surface area contributed by atoms with Crippen LogP contribution in [0.1, 0.15) is 6.92 Å². The Morgan fingerprint density at radius 3 is 2.75 bits per heavy atom. The van der Waals surface area contributed by atoms with Gasteiger partial charge in [0.1, 0.15) is 12.1 Å². The average Bonchev–Trinajstić information content (AvgIpc) is 2.67. The molecule has 0 aliphatic carbocycles. The van der Waals surface area contributed by atoms with E-state index in [0.717, 1.165) is 0 Å². The van der Waals surface area contributed by atoms with Crippen LogP contribution in [0.15, 0.2) is 0 Å². The van der Waals surface area contributed by atoms with Gasteiger partial charge < -0.3 is 24.6 Å². The Hall–Kier alpha value is -1.18. The molecular formula is C9H13NO6. The van der Waals surface area contributed by atoms with Crippen LogP contribution in [0.3, 0.4) is 0 Å². The van der Waals surface area contributed by atoms with E-state index >= 15 is 0 Å². The number of fused-ring (bicyclic) bond motifs is 1. The number of carbonyl (C=O) groups is 2. The lowest BCUT2D eigenvalue weighted by molar-refractivity contribution is -0.163. The first-order chi connectivity index (χ1) is 7.54. The zero-order chi connectivity index (χ0) is 11.9. The van der Waals surface area contributed by atoms with Crippen molar-refractivity contribution in [3.05, 3.63) is 0 Å². The molecule has 0 unspecified atom stereocenters. The Morgan fingerprint density at radius 2 is 2.19 bits per heavy atom. The summed E-state index contributed by atoms with van der Waals surface area (Å²) in [6, 6.07) is -0.589. The summed E-state index contributed by atoms with van der Waals surface area (Å²) in [5.41, 5.74) is 0. The van der Waals surface area contributed by atoms with Gasteiger partial charge in [0.25, 0.3) is 0 Å². The Bertz CT molecular complexity index is 319. The van der Waals surface area contributed by atoms with Crippen molar-refractivity contribution in [1.82, 2.24) is 5.32 Å². The van der Waals surface area contributed by atoms with Gasteiger partial charge in [0.05, 0.1) is 0 Å². The Balaban J connectivity index is 2.15. The average molecular weight is 231 g/mol. The van der Waals surface area contributed by atoms with Crippen LogP contribution >= 0.6 is 0 Å². The van der Waals surface area contributed by atoms with E-state index in [9.17, 15) is 14.7 Å². The Kier molecular flexibility index (Phi) is 2.83. The summed E-state index contributed by atoms with van der Waals surface area (Å²) in [7, 11) is 1.41. The van der Waals surface area contributed by atoms with Gasteiger partial charge in [-0.05, 0) is 0 Å². The molecule has 2 heterocycles. The fourth-order valence-electron chi connectivity index (χ4n) is 2.00. The first kappa shape index (κ1) is 11.3. The van der Waals surface area contributed by atoms with Crippen LogP contribution in [-0.4, -0.2) is 54.7 Å². The van der Waals surface area contributed by atoms with Crippen LogP contribution in [-0.2, 0) is 23.8 Å². The lowest BCUT2D eigenvalue weighted by Crippen LogP contribution is -2.47. The predicted molar refractivity (Wildman–Crippen MR) is 49.2 cm³/mol. The molecular weight excluding hydrogens is 218 g/mol. The standard InChI is InChI=1S/C9H13NO6/c1-3(11)10-4-6-7(16-9(4)14-2)5(12)8(13)15-6/h4-7,9,12H,1-2H3,(H,10,11)/t4-,5+,6-,7-,9-/m1/s1. The first-order valence-corrected chi connectivity index (χ1v) is 4.88. The number of carbonyl (C=O) groups excluding carboxylic acids is 2. The lowest BCUT2D eigenvalue weighted by Gasteiger charge is -2.20. The summed E-state index contributed by atoms with van der Waals surface area (Å²) in [6.45, 7) is 1.34. The molecule has 0 saturated carbocycles. The number of rotatable bonds is 2. The highest BCUT2D eigenvalue weighted by atomic mass is 16.7. The zero-order valence-corrected chi connectivity index (χ0v) is 8.88. The molecule has 2 aliphatic rings. The van der Waals surface area contributed by atoms with Crippen LogP contribution in [0.5, 0.6) is 0 Å². The normalized spacial score (nSPS) is 41.7. The maximum atomic E-state index is 11.1. The highest BCUT2D eigenvalue weighted by Gasteiger charge is 2.57. The molecule has 7 nitrogen and oxygen atoms in total. The van der Waals surface area contributed by atoms with Gasteiger partial charge in [0, 0.05) is 14.0 Å². The third-order valence-electron chi connectivity index (χ3n) is 2.67. The molecule has 16 heavy (non-hydrogen) atoms. The molecule has 2 N–H and O–H groups in total. The quantitative estimate of drug-likeness (QED) is 0.542. The van der Waals surface area contributed by atoms with E-state index in [0.29, 0.717) is 0 Å². The first-order valence-electron chi connectivity index (χ1n) is 4.88. The monoisotopic (exact) mass is 231 g/mol. The molecule has 0 spiro atoms. The van der Waals surface area contributed by atoms with Crippen molar-refractivity contribution in [2.75, 3.05) is 7.11 Å². The fourth-order valence-corrected chi connectivity index (χ4v) is 2.00. The third kappa shape index (κ3) is 1.66. The molecule has 2 fully saturated rings. The summed E-state index contributed by atoms with van der Waals surface area (Å²) in [5.74, 6) is -1.02. The van der Waals surface area contributed by atoms with E-state index in [1.165, 1.54) is 14.0 Å². The van der Waals surface area contributed by atoms with Crippen molar-refractivity contribution >= 4 is 11.9 Å². The number of esters is 1. The zero-order valence-electron chi connectivity index (χ0n) is 8.88. The van der Waals surface area contributed by atoms with Gasteiger partial charge in [-0.15, -0.1) is 0 Å². The van der Waals surface area contributed by atoms with Crippen molar-refractivity contribution in [2.45, 2.75) is 37.6 Å². The van der Waals surface area contributed by atoms with Crippen LogP contribution in [0, 0.1) is 0 Å². The number of methoxy groups -OCH3 is 1. The van der Waals surface area contributed by atoms with E-state index in [2.05, 4.69) is 5.32 Å². The molecule has 2 rings (SSSR count). The minimum Gasteiger partial charge on any atom is -0.455 e. The Morgan fingerprint density at radius 1 is 1.50 bits per heavy atom. The second kappa shape index (κ2) is 4.00. The van der Waals surface area contributed by atoms with Gasteiger partial charge in [-0.2, -0.15) is 0 Å². The molecule has 1 amide bonds. The summed E-state index contributed by atoms with van der Waals surface area (Å²) >= 11 is 0. The van der Waals surface area contributed by atoms with Crippen molar-refractivity contribution in [1.29, 1.82) is 0 Å². The van der Waals surface area contributed by atoms with E-state index in [4.69, 9.17) is 14.2 Å². The number of ether oxygens (including phenoxy) is 3. The van der Waals surface area contributed by atoms with Gasteiger partial charge in [-0.3, -0.25) is 4.79 Å². The largest absolute Gasteiger partial charge is 0.455 e. The predicted octanol–water partition coefficient (Wildman–Crippen LogP) is -1.85. The number of aliphatic hydroxyl groups excluding tert-OH is 1. The van der Waals surface area contributed by atoms with Gasteiger partial charge in [0.2, 0.25) is 5.91 Å². The number of hydrogen-bond donors (Lipinski definition) is 2. The second-order valence-electron chi connectivity index (χ2n) is 3.78. The highest BCUT2D eigenvalue weighted by molar-refractivity contribution is 5.79. The molecule has 2 saturated heterocycles. The molecule has 0 aromatic rings. The van der Waals surface area contributed by atoms with Crippen LogP contribution in [0.2, 0.25) is 0 Å². The van der Waals surface area contributed by atoms with E-state index in [1.807, 2.05) is 0 Å². The number of nitrogens with one attached hydrogen (secondary N) is 1. The molecule has 2 aliphatic heterocycles. The minimum absolute atomic E-state index is 0.284. The molecule has 7 heteroatoms. The van der Waals surface area contributed by atoms with Crippen molar-refractivity contribution in [2.24, 2.45) is 0 Å². The Labute approximate surface area is 91.7 Å². The molecule has 90 valence electrons. The highest BCUT2D eigenvalue weighted by Crippen LogP contribution is 2.32. The fraction of sp³-hybridized carbons (Fsp3) is 0.778. The van der Waals surface area contributed by atoms with Crippen molar-refractivity contribution in [3.8, 4) is 0 Å². The summed E-state index contributed by atoms with van der Waals surface area (Å²) in [5, 5.41) is 12.0. The van der Waals surface area contributed by atoms with Gasteiger partial charge >= 0.3 is 5.97 Å². The maximum Gasteiger partial charge on any atom is 0.338 e. The van der Waals surface area contributed by atoms with E-state index in [-0.39, 0.29) is 5.91 Å². The maximum absolute atomic E-state index is 11.1. The minimum atomic E-state index is -1.32. The van der Waals surface area contributed by atoms with E-state index < -0.39 is 36.6 Å². The van der Waals surface area contributed by atoms with Crippen molar-refractivity contribution < 1.29 is 28.9 Å². The summed E-state index contributed by atoms with van der Waals surface area (Å²) in [6.07, 6.45) is -3.52. The smallest absolute Gasteiger partial charge is 0.338 e.